The van der Waals surface area contributed by atoms with E-state index in [-0.39, 0.29) is 11.9 Å². The Kier molecular flexibility index (Phi) is 3.79. The minimum absolute atomic E-state index is 0.0289. The zero-order valence-corrected chi connectivity index (χ0v) is 11.3. The van der Waals surface area contributed by atoms with Gasteiger partial charge in [-0.1, -0.05) is 6.92 Å². The Balaban J connectivity index is 2.09. The van der Waals surface area contributed by atoms with Gasteiger partial charge >= 0.3 is 0 Å². The second-order valence-corrected chi connectivity index (χ2v) is 5.39. The average molecular weight is 254 g/mol. The zero-order valence-electron chi connectivity index (χ0n) is 10.5. The number of anilines is 1. The third-order valence-electron chi connectivity index (χ3n) is 3.32. The normalized spacial score (nSPS) is 25.0. The lowest BCUT2D eigenvalue weighted by molar-refractivity contribution is 0.0498. The maximum absolute atomic E-state index is 11.2. The number of nitrogens with zero attached hydrogens (tertiary/aromatic N) is 2. The van der Waals surface area contributed by atoms with E-state index in [0.717, 1.165) is 24.6 Å². The van der Waals surface area contributed by atoms with Gasteiger partial charge in [0, 0.05) is 32.5 Å². The summed E-state index contributed by atoms with van der Waals surface area (Å²) in [6, 6.07) is 0. The molecule has 1 aromatic heterocycles. The van der Waals surface area contributed by atoms with E-state index < -0.39 is 0 Å². The highest BCUT2D eigenvalue weighted by molar-refractivity contribution is 7.13. The molecule has 5 heteroatoms. The molecule has 0 spiro atoms. The van der Waals surface area contributed by atoms with Gasteiger partial charge in [-0.25, -0.2) is 4.98 Å². The number of ketones is 1. The van der Waals surface area contributed by atoms with Crippen molar-refractivity contribution in [3.05, 3.63) is 11.1 Å². The molecular formula is C12H18N2O2S. The van der Waals surface area contributed by atoms with Gasteiger partial charge in [0.2, 0.25) is 0 Å². The van der Waals surface area contributed by atoms with Crippen molar-refractivity contribution in [3.63, 3.8) is 0 Å². The number of ether oxygens (including phenoxy) is 1. The summed E-state index contributed by atoms with van der Waals surface area (Å²) in [4.78, 5) is 17.8. The molecule has 4 nitrogen and oxygen atoms in total. The van der Waals surface area contributed by atoms with E-state index in [2.05, 4.69) is 16.8 Å². The minimum Gasteiger partial charge on any atom is -0.379 e. The molecular weight excluding hydrogens is 236 g/mol. The fourth-order valence-electron chi connectivity index (χ4n) is 2.09. The predicted octanol–water partition coefficient (Wildman–Crippen LogP) is 2.21. The summed E-state index contributed by atoms with van der Waals surface area (Å²) in [5.41, 5.74) is 0.567. The SMILES string of the molecule is COC1CN(c2nc(C(C)=O)cs2)CCC1C. The lowest BCUT2D eigenvalue weighted by Gasteiger charge is -2.35. The van der Waals surface area contributed by atoms with Gasteiger partial charge in [-0.05, 0) is 12.3 Å². The van der Waals surface area contributed by atoms with E-state index in [1.54, 1.807) is 14.0 Å². The van der Waals surface area contributed by atoms with Crippen LogP contribution < -0.4 is 4.90 Å². The van der Waals surface area contributed by atoms with Crippen LogP contribution in [0.15, 0.2) is 5.38 Å². The predicted molar refractivity (Wildman–Crippen MR) is 68.9 cm³/mol. The highest BCUT2D eigenvalue weighted by Gasteiger charge is 2.27. The van der Waals surface area contributed by atoms with Crippen LogP contribution in [0.1, 0.15) is 30.8 Å². The summed E-state index contributed by atoms with van der Waals surface area (Å²) < 4.78 is 5.48. The topological polar surface area (TPSA) is 42.4 Å². The number of hydrogen-bond donors (Lipinski definition) is 0. The van der Waals surface area contributed by atoms with Crippen molar-refractivity contribution in [2.45, 2.75) is 26.4 Å². The van der Waals surface area contributed by atoms with Crippen LogP contribution in [0, 0.1) is 5.92 Å². The van der Waals surface area contributed by atoms with Gasteiger partial charge in [0.05, 0.1) is 6.10 Å². The number of piperidine rings is 1. The molecule has 1 saturated heterocycles. The number of carbonyl (C=O) groups excluding carboxylic acids is 1. The van der Waals surface area contributed by atoms with Crippen LogP contribution in [0.4, 0.5) is 5.13 Å². The molecule has 2 unspecified atom stereocenters. The molecule has 0 bridgehead atoms. The van der Waals surface area contributed by atoms with Gasteiger partial charge in [0.25, 0.3) is 0 Å². The molecule has 2 heterocycles. The first-order valence-electron chi connectivity index (χ1n) is 5.86. The van der Waals surface area contributed by atoms with Crippen LogP contribution in [-0.4, -0.2) is 37.1 Å². The zero-order chi connectivity index (χ0) is 12.4. The Hall–Kier alpha value is -0.940. The van der Waals surface area contributed by atoms with Gasteiger partial charge in [-0.3, -0.25) is 4.79 Å². The molecule has 0 aromatic carbocycles. The van der Waals surface area contributed by atoms with E-state index in [0.29, 0.717) is 11.6 Å². The number of Topliss-reactive ketones (excluding diaryl/α,β-unsaturated/α-hetero) is 1. The van der Waals surface area contributed by atoms with E-state index in [9.17, 15) is 4.79 Å². The summed E-state index contributed by atoms with van der Waals surface area (Å²) in [6.45, 7) is 5.62. The number of methoxy groups -OCH3 is 1. The van der Waals surface area contributed by atoms with Crippen LogP contribution >= 0.6 is 11.3 Å². The Morgan fingerprint density at radius 3 is 3.00 bits per heavy atom. The van der Waals surface area contributed by atoms with Crippen molar-refractivity contribution in [2.24, 2.45) is 5.92 Å². The number of aromatic nitrogens is 1. The highest BCUT2D eigenvalue weighted by Crippen LogP contribution is 2.27. The van der Waals surface area contributed by atoms with Crippen molar-refractivity contribution in [2.75, 3.05) is 25.1 Å². The molecule has 0 N–H and O–H groups in total. The lowest BCUT2D eigenvalue weighted by atomic mass is 9.96. The van der Waals surface area contributed by atoms with Gasteiger partial charge in [0.1, 0.15) is 5.69 Å². The van der Waals surface area contributed by atoms with Crippen LogP contribution in [0.25, 0.3) is 0 Å². The first-order valence-corrected chi connectivity index (χ1v) is 6.74. The molecule has 2 rings (SSSR count). The van der Waals surface area contributed by atoms with Gasteiger partial charge in [-0.2, -0.15) is 0 Å². The lowest BCUT2D eigenvalue weighted by Crippen LogP contribution is -2.43. The molecule has 2 atom stereocenters. The molecule has 0 amide bonds. The monoisotopic (exact) mass is 254 g/mol. The van der Waals surface area contributed by atoms with Crippen LogP contribution in [-0.2, 0) is 4.74 Å². The first-order chi connectivity index (χ1) is 8.11. The minimum atomic E-state index is 0.0289. The summed E-state index contributed by atoms with van der Waals surface area (Å²) in [5, 5.41) is 2.77. The molecule has 1 fully saturated rings. The molecule has 17 heavy (non-hydrogen) atoms. The summed E-state index contributed by atoms with van der Waals surface area (Å²) in [6.07, 6.45) is 1.36. The van der Waals surface area contributed by atoms with E-state index >= 15 is 0 Å². The molecule has 1 aromatic rings. The molecule has 1 aliphatic heterocycles. The largest absolute Gasteiger partial charge is 0.379 e. The van der Waals surface area contributed by atoms with E-state index in [1.807, 2.05) is 5.38 Å². The van der Waals surface area contributed by atoms with Crippen molar-refractivity contribution in [1.29, 1.82) is 0 Å². The van der Waals surface area contributed by atoms with Crippen molar-refractivity contribution >= 4 is 22.3 Å². The smallest absolute Gasteiger partial charge is 0.186 e. The molecule has 0 saturated carbocycles. The summed E-state index contributed by atoms with van der Waals surface area (Å²) in [5.74, 6) is 0.615. The van der Waals surface area contributed by atoms with E-state index in [4.69, 9.17) is 4.74 Å². The molecule has 0 aliphatic carbocycles. The van der Waals surface area contributed by atoms with Gasteiger partial charge < -0.3 is 9.64 Å². The fraction of sp³-hybridized carbons (Fsp3) is 0.667. The van der Waals surface area contributed by atoms with Crippen LogP contribution in [0.5, 0.6) is 0 Å². The Bertz CT molecular complexity index is 405. The summed E-state index contributed by atoms with van der Waals surface area (Å²) >= 11 is 1.54. The number of rotatable bonds is 3. The number of carbonyl (C=O) groups is 1. The quantitative estimate of drug-likeness (QED) is 0.776. The van der Waals surface area contributed by atoms with Crippen LogP contribution in [0.2, 0.25) is 0 Å². The second-order valence-electron chi connectivity index (χ2n) is 4.56. The van der Waals surface area contributed by atoms with E-state index in [1.165, 1.54) is 11.3 Å². The Morgan fingerprint density at radius 2 is 2.41 bits per heavy atom. The second kappa shape index (κ2) is 5.14. The Morgan fingerprint density at radius 1 is 1.65 bits per heavy atom. The fourth-order valence-corrected chi connectivity index (χ4v) is 2.99. The highest BCUT2D eigenvalue weighted by atomic mass is 32.1. The number of hydrogen-bond acceptors (Lipinski definition) is 5. The van der Waals surface area contributed by atoms with Gasteiger partial charge in [-0.15, -0.1) is 11.3 Å². The molecule has 0 radical (unpaired) electrons. The third kappa shape index (κ3) is 2.66. The molecule has 1 aliphatic rings. The third-order valence-corrected chi connectivity index (χ3v) is 4.22. The van der Waals surface area contributed by atoms with Gasteiger partial charge in [0.15, 0.2) is 10.9 Å². The standard InChI is InChI=1S/C12H18N2O2S/c1-8-4-5-14(6-11(8)16-3)12-13-10(7-17-12)9(2)15/h7-8,11H,4-6H2,1-3H3. The van der Waals surface area contributed by atoms with Crippen molar-refractivity contribution in [3.8, 4) is 0 Å². The maximum atomic E-state index is 11.2. The van der Waals surface area contributed by atoms with Crippen molar-refractivity contribution < 1.29 is 9.53 Å². The maximum Gasteiger partial charge on any atom is 0.186 e. The van der Waals surface area contributed by atoms with Crippen molar-refractivity contribution in [1.82, 2.24) is 4.98 Å². The Labute approximate surface area is 106 Å². The van der Waals surface area contributed by atoms with Crippen LogP contribution in [0.3, 0.4) is 0 Å². The number of thiazole rings is 1. The first kappa shape index (κ1) is 12.5. The molecule has 94 valence electrons. The summed E-state index contributed by atoms with van der Waals surface area (Å²) in [7, 11) is 1.76. The average Bonchev–Trinajstić information content (AvgIpc) is 2.79.